The zero-order valence-electron chi connectivity index (χ0n) is 15.6. The van der Waals surface area contributed by atoms with Gasteiger partial charge in [-0.25, -0.2) is 4.98 Å². The lowest BCUT2D eigenvalue weighted by molar-refractivity contribution is -0.139. The van der Waals surface area contributed by atoms with Crippen molar-refractivity contribution in [3.8, 4) is 0 Å². The summed E-state index contributed by atoms with van der Waals surface area (Å²) in [6, 6.07) is 16.5. The van der Waals surface area contributed by atoms with Crippen molar-refractivity contribution in [1.29, 1.82) is 0 Å². The molecule has 1 aromatic heterocycles. The fraction of sp³-hybridized carbons (Fsp3) is 0.364. The summed E-state index contributed by atoms with van der Waals surface area (Å²) < 4.78 is 4.72. The van der Waals surface area contributed by atoms with Crippen LogP contribution >= 0.6 is 0 Å². The van der Waals surface area contributed by atoms with Crippen LogP contribution in [0.25, 0.3) is 11.0 Å². The van der Waals surface area contributed by atoms with Gasteiger partial charge in [0.25, 0.3) is 0 Å². The van der Waals surface area contributed by atoms with Crippen molar-refractivity contribution in [3.63, 3.8) is 0 Å². The highest BCUT2D eigenvalue weighted by molar-refractivity contribution is 5.74. The number of nitrogens with one attached hydrogen (secondary N) is 1. The SMILES string of the molecule is COC(=O)Cc1ccc(CC2CCN(Cc3nc4ccccc4[nH]3)C2)cc1. The van der Waals surface area contributed by atoms with Crippen molar-refractivity contribution in [3.05, 3.63) is 65.5 Å². The van der Waals surface area contributed by atoms with Gasteiger partial charge in [-0.1, -0.05) is 36.4 Å². The van der Waals surface area contributed by atoms with Crippen molar-refractivity contribution >= 4 is 17.0 Å². The molecule has 0 spiro atoms. The zero-order chi connectivity index (χ0) is 18.6. The molecule has 0 aliphatic carbocycles. The molecule has 1 atom stereocenters. The van der Waals surface area contributed by atoms with Crippen LogP contribution < -0.4 is 0 Å². The second kappa shape index (κ2) is 7.92. The number of esters is 1. The molecule has 27 heavy (non-hydrogen) atoms. The van der Waals surface area contributed by atoms with E-state index in [-0.39, 0.29) is 5.97 Å². The maximum atomic E-state index is 11.4. The summed E-state index contributed by atoms with van der Waals surface area (Å²) in [6.45, 7) is 3.09. The van der Waals surface area contributed by atoms with Crippen LogP contribution in [0.4, 0.5) is 0 Å². The molecular formula is C22H25N3O2. The van der Waals surface area contributed by atoms with Crippen molar-refractivity contribution in [2.24, 2.45) is 5.92 Å². The summed E-state index contributed by atoms with van der Waals surface area (Å²) in [5, 5.41) is 0. The monoisotopic (exact) mass is 363 g/mol. The van der Waals surface area contributed by atoms with Crippen LogP contribution in [0.5, 0.6) is 0 Å². The van der Waals surface area contributed by atoms with E-state index >= 15 is 0 Å². The lowest BCUT2D eigenvalue weighted by atomic mass is 9.97. The third-order valence-corrected chi connectivity index (χ3v) is 5.31. The number of aromatic nitrogens is 2. The van der Waals surface area contributed by atoms with E-state index < -0.39 is 0 Å². The zero-order valence-corrected chi connectivity index (χ0v) is 15.6. The molecule has 5 heteroatoms. The van der Waals surface area contributed by atoms with Crippen LogP contribution in [0.15, 0.2) is 48.5 Å². The highest BCUT2D eigenvalue weighted by Gasteiger charge is 2.23. The molecular weight excluding hydrogens is 338 g/mol. The quantitative estimate of drug-likeness (QED) is 0.683. The number of benzene rings is 2. The predicted octanol–water partition coefficient (Wildman–Crippen LogP) is 3.34. The fourth-order valence-electron chi connectivity index (χ4n) is 3.88. The molecule has 1 saturated heterocycles. The van der Waals surface area contributed by atoms with Gasteiger partial charge < -0.3 is 9.72 Å². The number of fused-ring (bicyclic) bond motifs is 1. The Balaban J connectivity index is 1.31. The second-order valence-electron chi connectivity index (χ2n) is 7.36. The molecule has 3 aromatic rings. The van der Waals surface area contributed by atoms with Gasteiger partial charge in [-0.15, -0.1) is 0 Å². The molecule has 140 valence electrons. The van der Waals surface area contributed by atoms with Gasteiger partial charge in [0.15, 0.2) is 0 Å². The van der Waals surface area contributed by atoms with Gasteiger partial charge >= 0.3 is 5.97 Å². The molecule has 1 unspecified atom stereocenters. The molecule has 0 saturated carbocycles. The van der Waals surface area contributed by atoms with Crippen LogP contribution in [0.1, 0.15) is 23.4 Å². The number of carbonyl (C=O) groups is 1. The van der Waals surface area contributed by atoms with Crippen LogP contribution in [0.3, 0.4) is 0 Å². The normalized spacial score (nSPS) is 17.4. The number of hydrogen-bond donors (Lipinski definition) is 1. The van der Waals surface area contributed by atoms with Gasteiger partial charge in [0.1, 0.15) is 5.82 Å². The van der Waals surface area contributed by atoms with Gasteiger partial charge in [-0.3, -0.25) is 9.69 Å². The standard InChI is InChI=1S/C22H25N3O2/c1-27-22(26)13-17-8-6-16(7-9-17)12-18-10-11-25(14-18)15-21-23-19-4-2-3-5-20(19)24-21/h2-9,18H,10-15H2,1H3,(H,23,24). The molecule has 4 rings (SSSR count). The number of rotatable bonds is 6. The van der Waals surface area contributed by atoms with E-state index in [1.165, 1.54) is 19.1 Å². The molecule has 2 aromatic carbocycles. The van der Waals surface area contributed by atoms with E-state index in [0.29, 0.717) is 12.3 Å². The largest absolute Gasteiger partial charge is 0.469 e. The number of aromatic amines is 1. The summed E-state index contributed by atoms with van der Waals surface area (Å²) in [5.74, 6) is 1.52. The molecule has 0 bridgehead atoms. The molecule has 2 heterocycles. The Morgan fingerprint density at radius 3 is 2.74 bits per heavy atom. The lowest BCUT2D eigenvalue weighted by Crippen LogP contribution is -2.21. The predicted molar refractivity (Wildman–Crippen MR) is 105 cm³/mol. The van der Waals surface area contributed by atoms with E-state index in [0.717, 1.165) is 48.5 Å². The van der Waals surface area contributed by atoms with Gasteiger partial charge in [-0.05, 0) is 48.6 Å². The first-order valence-electron chi connectivity index (χ1n) is 9.50. The Bertz CT molecular complexity index is 884. The molecule has 5 nitrogen and oxygen atoms in total. The molecule has 1 N–H and O–H groups in total. The summed E-state index contributed by atoms with van der Waals surface area (Å²) in [7, 11) is 1.42. The molecule has 1 fully saturated rings. The van der Waals surface area contributed by atoms with Gasteiger partial charge in [-0.2, -0.15) is 0 Å². The lowest BCUT2D eigenvalue weighted by Gasteiger charge is -2.14. The van der Waals surface area contributed by atoms with Crippen LogP contribution in [-0.4, -0.2) is 41.0 Å². The third-order valence-electron chi connectivity index (χ3n) is 5.31. The number of imidazole rings is 1. The van der Waals surface area contributed by atoms with E-state index in [1.54, 1.807) is 0 Å². The van der Waals surface area contributed by atoms with E-state index in [2.05, 4.69) is 28.1 Å². The number of methoxy groups -OCH3 is 1. The topological polar surface area (TPSA) is 58.2 Å². The minimum atomic E-state index is -0.195. The first-order chi connectivity index (χ1) is 13.2. The second-order valence-corrected chi connectivity index (χ2v) is 7.36. The van der Waals surface area contributed by atoms with Gasteiger partial charge in [0.05, 0.1) is 31.1 Å². The molecule has 1 aliphatic heterocycles. The maximum absolute atomic E-state index is 11.4. The Kier molecular flexibility index (Phi) is 5.21. The summed E-state index contributed by atoms with van der Waals surface area (Å²) in [5.41, 5.74) is 4.48. The maximum Gasteiger partial charge on any atom is 0.309 e. The average Bonchev–Trinajstić information content (AvgIpc) is 3.29. The molecule has 1 aliphatic rings. The molecule has 0 radical (unpaired) electrons. The van der Waals surface area contributed by atoms with Crippen LogP contribution in [0.2, 0.25) is 0 Å². The van der Waals surface area contributed by atoms with Crippen LogP contribution in [-0.2, 0) is 28.9 Å². The van der Waals surface area contributed by atoms with E-state index in [1.807, 2.05) is 30.3 Å². The Hall–Kier alpha value is -2.66. The first kappa shape index (κ1) is 17.7. The number of para-hydroxylation sites is 2. The summed E-state index contributed by atoms with van der Waals surface area (Å²) in [4.78, 5) is 21.9. The van der Waals surface area contributed by atoms with Crippen molar-refractivity contribution in [2.45, 2.75) is 25.8 Å². The summed E-state index contributed by atoms with van der Waals surface area (Å²) in [6.07, 6.45) is 2.63. The highest BCUT2D eigenvalue weighted by atomic mass is 16.5. The molecule has 0 amide bonds. The number of nitrogens with zero attached hydrogens (tertiary/aromatic N) is 2. The Morgan fingerprint density at radius 2 is 1.96 bits per heavy atom. The highest BCUT2D eigenvalue weighted by Crippen LogP contribution is 2.23. The Morgan fingerprint density at radius 1 is 1.19 bits per heavy atom. The van der Waals surface area contributed by atoms with E-state index in [9.17, 15) is 4.79 Å². The smallest absolute Gasteiger partial charge is 0.309 e. The third kappa shape index (κ3) is 4.37. The summed E-state index contributed by atoms with van der Waals surface area (Å²) >= 11 is 0. The fourth-order valence-corrected chi connectivity index (χ4v) is 3.88. The van der Waals surface area contributed by atoms with Crippen molar-refractivity contribution in [2.75, 3.05) is 20.2 Å². The minimum Gasteiger partial charge on any atom is -0.469 e. The number of likely N-dealkylation sites (tertiary alicyclic amines) is 1. The average molecular weight is 363 g/mol. The van der Waals surface area contributed by atoms with Gasteiger partial charge in [0.2, 0.25) is 0 Å². The van der Waals surface area contributed by atoms with E-state index in [4.69, 9.17) is 9.72 Å². The number of hydrogen-bond acceptors (Lipinski definition) is 4. The van der Waals surface area contributed by atoms with Crippen molar-refractivity contribution in [1.82, 2.24) is 14.9 Å². The number of H-pyrrole nitrogens is 1. The van der Waals surface area contributed by atoms with Gasteiger partial charge in [0, 0.05) is 6.54 Å². The minimum absolute atomic E-state index is 0.195. The van der Waals surface area contributed by atoms with Crippen LogP contribution in [0, 0.1) is 5.92 Å². The Labute approximate surface area is 159 Å². The number of carbonyl (C=O) groups excluding carboxylic acids is 1. The van der Waals surface area contributed by atoms with Crippen molar-refractivity contribution < 1.29 is 9.53 Å². The first-order valence-corrected chi connectivity index (χ1v) is 9.50. The number of ether oxygens (including phenoxy) is 1.